The summed E-state index contributed by atoms with van der Waals surface area (Å²) in [4.78, 5) is 20.8. The van der Waals surface area contributed by atoms with E-state index in [0.29, 0.717) is 11.6 Å². The van der Waals surface area contributed by atoms with Crippen LogP contribution in [-0.2, 0) is 6.54 Å². The van der Waals surface area contributed by atoms with Gasteiger partial charge in [0, 0.05) is 40.8 Å². The lowest BCUT2D eigenvalue weighted by Crippen LogP contribution is -2.40. The van der Waals surface area contributed by atoms with Gasteiger partial charge in [0.05, 0.1) is 0 Å². The fourth-order valence-electron chi connectivity index (χ4n) is 3.31. The highest BCUT2D eigenvalue weighted by Crippen LogP contribution is 2.26. The number of carbonyl (C=O) groups excluding carboxylic acids is 1. The minimum Gasteiger partial charge on any atom is -0.350 e. The highest BCUT2D eigenvalue weighted by atomic mass is 32.1. The first kappa shape index (κ1) is 17.9. The number of nitrogens with zero attached hydrogens (tertiary/aromatic N) is 2. The van der Waals surface area contributed by atoms with E-state index in [1.165, 1.54) is 29.1 Å². The second-order valence-corrected chi connectivity index (χ2v) is 9.25. The molecule has 4 nitrogen and oxygen atoms in total. The maximum Gasteiger partial charge on any atom is 0.270 e. The smallest absolute Gasteiger partial charge is 0.270 e. The molecule has 0 aromatic carbocycles. The quantitative estimate of drug-likeness (QED) is 0.655. The molecule has 136 valence electrons. The molecule has 4 rings (SSSR count). The Morgan fingerprint density at radius 2 is 2.23 bits per heavy atom. The van der Waals surface area contributed by atoms with Gasteiger partial charge >= 0.3 is 0 Å². The Hall–Kier alpha value is -1.54. The predicted octanol–water partition coefficient (Wildman–Crippen LogP) is 4.58. The van der Waals surface area contributed by atoms with Crippen LogP contribution in [0, 0.1) is 5.92 Å². The molecule has 3 aromatic heterocycles. The van der Waals surface area contributed by atoms with Crippen LogP contribution in [-0.4, -0.2) is 35.4 Å². The average molecular weight is 404 g/mol. The molecule has 0 bridgehead atoms. The van der Waals surface area contributed by atoms with Gasteiger partial charge < -0.3 is 5.32 Å². The van der Waals surface area contributed by atoms with Gasteiger partial charge in [-0.15, -0.1) is 22.7 Å². The van der Waals surface area contributed by atoms with Crippen LogP contribution >= 0.6 is 34.0 Å². The number of likely N-dealkylation sites (tertiary alicyclic amines) is 1. The standard InChI is InChI=1S/C19H21N3OS3/c23-18(17-13-26-19(21-17)15-5-8-24-12-15)20-9-14-3-1-6-22(10-14)11-16-4-2-7-25-16/h2,4-5,7-8,12-14H,1,3,6,9-11H2,(H,20,23). The van der Waals surface area contributed by atoms with Gasteiger partial charge in [0.1, 0.15) is 10.7 Å². The van der Waals surface area contributed by atoms with Crippen molar-refractivity contribution in [3.63, 3.8) is 0 Å². The van der Waals surface area contributed by atoms with Crippen LogP contribution < -0.4 is 5.32 Å². The molecule has 1 atom stereocenters. The van der Waals surface area contributed by atoms with E-state index in [1.54, 1.807) is 11.3 Å². The number of carbonyl (C=O) groups is 1. The molecule has 3 aromatic rings. The molecule has 0 radical (unpaired) electrons. The molecule has 4 heterocycles. The van der Waals surface area contributed by atoms with Crippen LogP contribution in [0.3, 0.4) is 0 Å². The van der Waals surface area contributed by atoms with E-state index in [1.807, 2.05) is 28.2 Å². The molecule has 0 saturated carbocycles. The largest absolute Gasteiger partial charge is 0.350 e. The molecule has 1 aliphatic rings. The van der Waals surface area contributed by atoms with Crippen molar-refractivity contribution in [2.75, 3.05) is 19.6 Å². The normalized spacial score (nSPS) is 18.1. The van der Waals surface area contributed by atoms with E-state index >= 15 is 0 Å². The van der Waals surface area contributed by atoms with Gasteiger partial charge in [-0.3, -0.25) is 9.69 Å². The van der Waals surface area contributed by atoms with E-state index < -0.39 is 0 Å². The second-order valence-electron chi connectivity index (χ2n) is 6.58. The Balaban J connectivity index is 1.28. The minimum atomic E-state index is -0.0573. The molecule has 1 saturated heterocycles. The topological polar surface area (TPSA) is 45.2 Å². The number of aromatic nitrogens is 1. The minimum absolute atomic E-state index is 0.0573. The monoisotopic (exact) mass is 403 g/mol. The molecule has 1 aliphatic heterocycles. The summed E-state index contributed by atoms with van der Waals surface area (Å²) in [6, 6.07) is 6.35. The molecule has 1 unspecified atom stereocenters. The fraction of sp³-hybridized carbons (Fsp3) is 0.368. The molecule has 7 heteroatoms. The third-order valence-electron chi connectivity index (χ3n) is 4.62. The van der Waals surface area contributed by atoms with Gasteiger partial charge in [0.15, 0.2) is 0 Å². The van der Waals surface area contributed by atoms with Crippen molar-refractivity contribution >= 4 is 39.9 Å². The SMILES string of the molecule is O=C(NCC1CCCN(Cc2cccs2)C1)c1csc(-c2ccsc2)n1. The molecule has 1 fully saturated rings. The van der Waals surface area contributed by atoms with Crippen molar-refractivity contribution in [2.24, 2.45) is 5.92 Å². The molecule has 0 spiro atoms. The lowest BCUT2D eigenvalue weighted by Gasteiger charge is -2.32. The van der Waals surface area contributed by atoms with Gasteiger partial charge in [-0.1, -0.05) is 6.07 Å². The Labute approximate surface area is 165 Å². The number of hydrogen-bond acceptors (Lipinski definition) is 6. The van der Waals surface area contributed by atoms with Crippen molar-refractivity contribution in [3.05, 3.63) is 50.3 Å². The zero-order chi connectivity index (χ0) is 17.8. The van der Waals surface area contributed by atoms with Crippen LogP contribution in [0.2, 0.25) is 0 Å². The highest BCUT2D eigenvalue weighted by molar-refractivity contribution is 7.14. The number of nitrogens with one attached hydrogen (secondary N) is 1. The molecular formula is C19H21N3OS3. The third-order valence-corrected chi connectivity index (χ3v) is 7.05. The maximum atomic E-state index is 12.4. The zero-order valence-electron chi connectivity index (χ0n) is 14.4. The summed E-state index contributed by atoms with van der Waals surface area (Å²) in [5.74, 6) is 0.459. The summed E-state index contributed by atoms with van der Waals surface area (Å²) in [5.41, 5.74) is 1.62. The first-order chi connectivity index (χ1) is 12.8. The average Bonchev–Trinajstić information content (AvgIpc) is 3.41. The Bertz CT molecular complexity index is 826. The van der Waals surface area contributed by atoms with Crippen molar-refractivity contribution in [2.45, 2.75) is 19.4 Å². The van der Waals surface area contributed by atoms with Gasteiger partial charge in [0.25, 0.3) is 5.91 Å². The Morgan fingerprint density at radius 3 is 3.04 bits per heavy atom. The van der Waals surface area contributed by atoms with Gasteiger partial charge in [0.2, 0.25) is 0 Å². The number of piperidine rings is 1. The summed E-state index contributed by atoms with van der Waals surface area (Å²) >= 11 is 4.99. The van der Waals surface area contributed by atoms with Crippen molar-refractivity contribution in [3.8, 4) is 10.6 Å². The van der Waals surface area contributed by atoms with E-state index in [2.05, 4.69) is 38.1 Å². The summed E-state index contributed by atoms with van der Waals surface area (Å²) in [6.45, 7) is 3.96. The number of hydrogen-bond donors (Lipinski definition) is 1. The van der Waals surface area contributed by atoms with Crippen molar-refractivity contribution in [1.82, 2.24) is 15.2 Å². The zero-order valence-corrected chi connectivity index (χ0v) is 16.8. The summed E-state index contributed by atoms with van der Waals surface area (Å²) in [6.07, 6.45) is 2.38. The first-order valence-corrected chi connectivity index (χ1v) is 11.5. The Morgan fingerprint density at radius 1 is 1.27 bits per heavy atom. The lowest BCUT2D eigenvalue weighted by atomic mass is 9.98. The highest BCUT2D eigenvalue weighted by Gasteiger charge is 2.21. The van der Waals surface area contributed by atoms with Crippen LogP contribution in [0.4, 0.5) is 0 Å². The van der Waals surface area contributed by atoms with E-state index in [-0.39, 0.29) is 5.91 Å². The third kappa shape index (κ3) is 4.40. The maximum absolute atomic E-state index is 12.4. The molecule has 1 amide bonds. The van der Waals surface area contributed by atoms with Crippen LogP contribution in [0.1, 0.15) is 28.2 Å². The van der Waals surface area contributed by atoms with Crippen molar-refractivity contribution < 1.29 is 4.79 Å². The number of thiophene rings is 2. The summed E-state index contributed by atoms with van der Waals surface area (Å²) in [7, 11) is 0. The van der Waals surface area contributed by atoms with Crippen LogP contribution in [0.5, 0.6) is 0 Å². The van der Waals surface area contributed by atoms with E-state index in [9.17, 15) is 4.79 Å². The number of rotatable bonds is 6. The molecule has 0 aliphatic carbocycles. The van der Waals surface area contributed by atoms with Crippen molar-refractivity contribution in [1.29, 1.82) is 0 Å². The van der Waals surface area contributed by atoms with Gasteiger partial charge in [-0.25, -0.2) is 4.98 Å². The molecular weight excluding hydrogens is 382 g/mol. The molecule has 26 heavy (non-hydrogen) atoms. The second kappa shape index (κ2) is 8.43. The van der Waals surface area contributed by atoms with Gasteiger partial charge in [-0.05, 0) is 48.2 Å². The summed E-state index contributed by atoms with van der Waals surface area (Å²) in [5, 5.41) is 12.1. The lowest BCUT2D eigenvalue weighted by molar-refractivity contribution is 0.0926. The molecule has 1 N–H and O–H groups in total. The van der Waals surface area contributed by atoms with E-state index in [4.69, 9.17) is 0 Å². The fourth-order valence-corrected chi connectivity index (χ4v) is 5.57. The van der Waals surface area contributed by atoms with Crippen LogP contribution in [0.15, 0.2) is 39.7 Å². The van der Waals surface area contributed by atoms with E-state index in [0.717, 1.165) is 36.8 Å². The van der Waals surface area contributed by atoms with Crippen LogP contribution in [0.25, 0.3) is 10.6 Å². The number of thiazole rings is 1. The Kier molecular flexibility index (Phi) is 5.79. The predicted molar refractivity (Wildman–Crippen MR) is 110 cm³/mol. The number of amides is 1. The van der Waals surface area contributed by atoms with Gasteiger partial charge in [-0.2, -0.15) is 11.3 Å². The first-order valence-electron chi connectivity index (χ1n) is 8.79. The summed E-state index contributed by atoms with van der Waals surface area (Å²) < 4.78 is 0.